The Bertz CT molecular complexity index is 383. The molecule has 0 aliphatic heterocycles. The van der Waals surface area contributed by atoms with E-state index in [1.807, 2.05) is 13.1 Å². The van der Waals surface area contributed by atoms with Crippen LogP contribution in [-0.4, -0.2) is 29.6 Å². The van der Waals surface area contributed by atoms with Crippen molar-refractivity contribution in [1.29, 1.82) is 0 Å². The maximum absolute atomic E-state index is 4.63. The van der Waals surface area contributed by atoms with Gasteiger partial charge in [0.15, 0.2) is 0 Å². The Labute approximate surface area is 125 Å². The molecule has 0 aliphatic rings. The molecule has 0 saturated heterocycles. The summed E-state index contributed by atoms with van der Waals surface area (Å²) in [6.45, 7) is 13.8. The van der Waals surface area contributed by atoms with Crippen LogP contribution < -0.4 is 10.2 Å². The van der Waals surface area contributed by atoms with Crippen LogP contribution in [0.5, 0.6) is 0 Å². The van der Waals surface area contributed by atoms with Gasteiger partial charge in [-0.3, -0.25) is 0 Å². The molecule has 1 aromatic heterocycles. The minimum absolute atomic E-state index is 0.600. The van der Waals surface area contributed by atoms with Crippen LogP contribution in [0.25, 0.3) is 0 Å². The van der Waals surface area contributed by atoms with Crippen molar-refractivity contribution in [3.05, 3.63) is 10.7 Å². The molecule has 1 N–H and O–H groups in total. The lowest BCUT2D eigenvalue weighted by atomic mass is 10.1. The summed E-state index contributed by atoms with van der Waals surface area (Å²) in [6.07, 6.45) is 1.83. The van der Waals surface area contributed by atoms with Gasteiger partial charge in [0, 0.05) is 25.8 Å². The van der Waals surface area contributed by atoms with Crippen LogP contribution >= 0.6 is 15.9 Å². The molecule has 1 rings (SSSR count). The quantitative estimate of drug-likeness (QED) is 0.826. The molecule has 1 heterocycles. The van der Waals surface area contributed by atoms with Crippen molar-refractivity contribution >= 4 is 27.7 Å². The summed E-state index contributed by atoms with van der Waals surface area (Å²) in [5.41, 5.74) is 0. The molecule has 0 amide bonds. The van der Waals surface area contributed by atoms with E-state index in [1.54, 1.807) is 0 Å². The van der Waals surface area contributed by atoms with E-state index >= 15 is 0 Å². The number of hydrogen-bond acceptors (Lipinski definition) is 4. The maximum Gasteiger partial charge on any atom is 0.224 e. The van der Waals surface area contributed by atoms with E-state index in [9.17, 15) is 0 Å². The lowest BCUT2D eigenvalue weighted by molar-refractivity contribution is 0.548. The highest BCUT2D eigenvalue weighted by atomic mass is 79.9. The summed E-state index contributed by atoms with van der Waals surface area (Å²) >= 11 is 3.57. The number of nitrogens with one attached hydrogen (secondary N) is 1. The van der Waals surface area contributed by atoms with E-state index in [0.717, 1.165) is 29.9 Å². The third-order valence-electron chi connectivity index (χ3n) is 2.53. The number of halogens is 1. The highest BCUT2D eigenvalue weighted by molar-refractivity contribution is 9.10. The van der Waals surface area contributed by atoms with E-state index in [4.69, 9.17) is 0 Å². The smallest absolute Gasteiger partial charge is 0.224 e. The molecular formula is C14H25BrN4. The topological polar surface area (TPSA) is 41.1 Å². The van der Waals surface area contributed by atoms with Gasteiger partial charge in [-0.1, -0.05) is 27.7 Å². The van der Waals surface area contributed by atoms with E-state index in [-0.39, 0.29) is 0 Å². The van der Waals surface area contributed by atoms with Crippen molar-refractivity contribution in [3.8, 4) is 0 Å². The summed E-state index contributed by atoms with van der Waals surface area (Å²) in [4.78, 5) is 11.2. The van der Waals surface area contributed by atoms with E-state index in [1.165, 1.54) is 0 Å². The first kappa shape index (κ1) is 16.2. The van der Waals surface area contributed by atoms with Gasteiger partial charge < -0.3 is 10.2 Å². The second-order valence-electron chi connectivity index (χ2n) is 5.59. The van der Waals surface area contributed by atoms with Crippen molar-refractivity contribution in [1.82, 2.24) is 9.97 Å². The Hall–Kier alpha value is -0.840. The number of nitrogens with zero attached hydrogens (tertiary/aromatic N) is 3. The first-order chi connectivity index (χ1) is 8.93. The minimum Gasteiger partial charge on any atom is -0.355 e. The molecule has 0 spiro atoms. The second-order valence-corrected chi connectivity index (χ2v) is 6.44. The largest absolute Gasteiger partial charge is 0.355 e. The van der Waals surface area contributed by atoms with Crippen molar-refractivity contribution in [2.45, 2.75) is 34.6 Å². The highest BCUT2D eigenvalue weighted by Crippen LogP contribution is 2.25. The van der Waals surface area contributed by atoms with Gasteiger partial charge in [0.2, 0.25) is 5.95 Å². The third kappa shape index (κ3) is 5.35. The van der Waals surface area contributed by atoms with Crippen molar-refractivity contribution in [2.24, 2.45) is 11.8 Å². The molecule has 1 aromatic rings. The molecule has 0 aliphatic carbocycles. The van der Waals surface area contributed by atoms with Gasteiger partial charge in [-0.2, -0.15) is 4.98 Å². The van der Waals surface area contributed by atoms with Gasteiger partial charge in [-0.25, -0.2) is 4.98 Å². The minimum atomic E-state index is 0.600. The highest BCUT2D eigenvalue weighted by Gasteiger charge is 2.16. The molecule has 0 unspecified atom stereocenters. The first-order valence-corrected chi connectivity index (χ1v) is 7.74. The first-order valence-electron chi connectivity index (χ1n) is 6.95. The van der Waals surface area contributed by atoms with E-state index in [2.05, 4.69) is 63.8 Å². The van der Waals surface area contributed by atoms with Crippen LogP contribution in [0.1, 0.15) is 34.6 Å². The summed E-state index contributed by atoms with van der Waals surface area (Å²) < 4.78 is 0.954. The molecule has 0 bridgehead atoms. The maximum atomic E-state index is 4.63. The molecule has 0 radical (unpaired) electrons. The Balaban J connectivity index is 3.01. The predicted octanol–water partition coefficient (Wildman–Crippen LogP) is 3.79. The van der Waals surface area contributed by atoms with Gasteiger partial charge in [0.1, 0.15) is 5.82 Å². The number of aromatic nitrogens is 2. The fourth-order valence-corrected chi connectivity index (χ4v) is 2.39. The zero-order chi connectivity index (χ0) is 14.4. The van der Waals surface area contributed by atoms with Gasteiger partial charge >= 0.3 is 0 Å². The Morgan fingerprint density at radius 3 is 2.26 bits per heavy atom. The van der Waals surface area contributed by atoms with Crippen LogP contribution in [0.4, 0.5) is 11.8 Å². The van der Waals surface area contributed by atoms with Gasteiger partial charge in [0.05, 0.1) is 4.47 Å². The van der Waals surface area contributed by atoms with Gasteiger partial charge in [-0.05, 0) is 34.7 Å². The molecule has 5 heteroatoms. The number of hydrogen-bond donors (Lipinski definition) is 1. The van der Waals surface area contributed by atoms with Crippen LogP contribution in [0, 0.1) is 11.8 Å². The number of rotatable bonds is 7. The summed E-state index contributed by atoms with van der Waals surface area (Å²) in [5, 5.41) is 3.17. The predicted molar refractivity (Wildman–Crippen MR) is 85.8 cm³/mol. The fourth-order valence-electron chi connectivity index (χ4n) is 1.95. The van der Waals surface area contributed by atoms with Crippen LogP contribution in [0.2, 0.25) is 0 Å². The molecule has 0 atom stereocenters. The monoisotopic (exact) mass is 328 g/mol. The molecule has 108 valence electrons. The molecule has 4 nitrogen and oxygen atoms in total. The SMILES string of the molecule is CCNc1ncc(Br)c(N(CC(C)C)CC(C)C)n1. The zero-order valence-corrected chi connectivity index (χ0v) is 14.2. The van der Waals surface area contributed by atoms with Gasteiger partial charge in [-0.15, -0.1) is 0 Å². The third-order valence-corrected chi connectivity index (χ3v) is 3.09. The summed E-state index contributed by atoms with van der Waals surface area (Å²) in [7, 11) is 0. The second kappa shape index (κ2) is 7.68. The van der Waals surface area contributed by atoms with E-state index < -0.39 is 0 Å². The average molecular weight is 329 g/mol. The lowest BCUT2D eigenvalue weighted by Gasteiger charge is -2.28. The summed E-state index contributed by atoms with van der Waals surface area (Å²) in [5.74, 6) is 2.87. The normalized spacial score (nSPS) is 11.2. The number of anilines is 2. The molecular weight excluding hydrogens is 304 g/mol. The molecule has 0 saturated carbocycles. The fraction of sp³-hybridized carbons (Fsp3) is 0.714. The lowest BCUT2D eigenvalue weighted by Crippen LogP contribution is -2.32. The summed E-state index contributed by atoms with van der Waals surface area (Å²) in [6, 6.07) is 0. The molecule has 0 fully saturated rings. The zero-order valence-electron chi connectivity index (χ0n) is 12.6. The van der Waals surface area contributed by atoms with Crippen LogP contribution in [0.3, 0.4) is 0 Å². The van der Waals surface area contributed by atoms with Crippen molar-refractivity contribution in [2.75, 3.05) is 29.9 Å². The molecule has 0 aromatic carbocycles. The van der Waals surface area contributed by atoms with Crippen LogP contribution in [-0.2, 0) is 0 Å². The Kier molecular flexibility index (Phi) is 6.55. The van der Waals surface area contributed by atoms with E-state index in [0.29, 0.717) is 17.8 Å². The standard InChI is InChI=1S/C14H25BrN4/c1-6-16-14-17-7-12(15)13(18-14)19(8-10(2)3)9-11(4)5/h7,10-11H,6,8-9H2,1-5H3,(H,16,17,18). The van der Waals surface area contributed by atoms with Gasteiger partial charge in [0.25, 0.3) is 0 Å². The average Bonchev–Trinajstić information content (AvgIpc) is 2.30. The van der Waals surface area contributed by atoms with Crippen molar-refractivity contribution in [3.63, 3.8) is 0 Å². The Morgan fingerprint density at radius 1 is 1.21 bits per heavy atom. The molecule has 19 heavy (non-hydrogen) atoms. The Morgan fingerprint density at radius 2 is 1.79 bits per heavy atom. The van der Waals surface area contributed by atoms with Crippen molar-refractivity contribution < 1.29 is 0 Å². The van der Waals surface area contributed by atoms with Crippen LogP contribution in [0.15, 0.2) is 10.7 Å².